The lowest BCUT2D eigenvalue weighted by Gasteiger charge is -2.34. The van der Waals surface area contributed by atoms with Gasteiger partial charge >= 0.3 is 6.18 Å². The maximum atomic E-state index is 12.8. The number of hydrogen-bond acceptors (Lipinski definition) is 3. The molecule has 1 saturated heterocycles. The van der Waals surface area contributed by atoms with Crippen molar-refractivity contribution < 1.29 is 18.0 Å². The van der Waals surface area contributed by atoms with Crippen LogP contribution in [0, 0.1) is 0 Å². The summed E-state index contributed by atoms with van der Waals surface area (Å²) in [7, 11) is 0. The highest BCUT2D eigenvalue weighted by Gasteiger charge is 2.30. The van der Waals surface area contributed by atoms with Crippen molar-refractivity contribution in [1.82, 2.24) is 9.80 Å². The lowest BCUT2D eigenvalue weighted by molar-refractivity contribution is -0.137. The maximum Gasteiger partial charge on any atom is 0.416 e. The van der Waals surface area contributed by atoms with Crippen LogP contribution in [0.15, 0.2) is 42.5 Å². The van der Waals surface area contributed by atoms with Gasteiger partial charge < -0.3 is 5.32 Å². The largest absolute Gasteiger partial charge is 0.416 e. The summed E-state index contributed by atoms with van der Waals surface area (Å²) in [6, 6.07) is 10.2. The van der Waals surface area contributed by atoms with Crippen LogP contribution < -0.4 is 5.32 Å². The van der Waals surface area contributed by atoms with Crippen molar-refractivity contribution in [2.45, 2.75) is 12.7 Å². The molecule has 0 bridgehead atoms. The van der Waals surface area contributed by atoms with Gasteiger partial charge in [0, 0.05) is 38.4 Å². The summed E-state index contributed by atoms with van der Waals surface area (Å²) in [6.07, 6.45) is -4.44. The number of alkyl halides is 3. The van der Waals surface area contributed by atoms with E-state index in [1.807, 2.05) is 17.0 Å². The molecule has 29 heavy (non-hydrogen) atoms. The van der Waals surface area contributed by atoms with Gasteiger partial charge in [-0.15, -0.1) is 0 Å². The Hall–Kier alpha value is -1.80. The molecule has 0 aliphatic carbocycles. The molecule has 156 valence electrons. The van der Waals surface area contributed by atoms with Crippen molar-refractivity contribution >= 4 is 34.8 Å². The fourth-order valence-electron chi connectivity index (χ4n) is 3.18. The zero-order chi connectivity index (χ0) is 21.0. The second kappa shape index (κ2) is 9.34. The number of amides is 1. The van der Waals surface area contributed by atoms with Crippen molar-refractivity contribution in [2.75, 3.05) is 38.0 Å². The number of nitrogens with zero attached hydrogens (tertiary/aromatic N) is 2. The molecule has 0 radical (unpaired) electrons. The SMILES string of the molecule is O=C(CN1CCN(Cc2ccc(Cl)c(Cl)c2)CC1)Nc1cccc(C(F)(F)F)c1. The first-order valence-electron chi connectivity index (χ1n) is 9.06. The molecule has 4 nitrogen and oxygen atoms in total. The van der Waals surface area contributed by atoms with Crippen LogP contribution in [0.25, 0.3) is 0 Å². The lowest BCUT2D eigenvalue weighted by Crippen LogP contribution is -2.48. The first-order chi connectivity index (χ1) is 13.7. The molecule has 2 aromatic rings. The molecular formula is C20H20Cl2F3N3O. The molecule has 0 spiro atoms. The smallest absolute Gasteiger partial charge is 0.325 e. The van der Waals surface area contributed by atoms with Crippen LogP contribution >= 0.6 is 23.2 Å². The van der Waals surface area contributed by atoms with E-state index in [1.165, 1.54) is 12.1 Å². The summed E-state index contributed by atoms with van der Waals surface area (Å²) in [5.74, 6) is -0.331. The minimum Gasteiger partial charge on any atom is -0.325 e. The molecule has 3 rings (SSSR count). The number of piperazine rings is 1. The molecule has 0 atom stereocenters. The number of nitrogens with one attached hydrogen (secondary N) is 1. The molecule has 1 heterocycles. The molecule has 1 aliphatic rings. The summed E-state index contributed by atoms with van der Waals surface area (Å²) in [6.45, 7) is 3.81. The van der Waals surface area contributed by atoms with E-state index >= 15 is 0 Å². The third-order valence-corrected chi connectivity index (χ3v) is 5.44. The number of rotatable bonds is 5. The first kappa shape index (κ1) is 21.9. The standard InChI is InChI=1S/C20H20Cl2F3N3O/c21-17-5-4-14(10-18(17)22)12-27-6-8-28(9-7-27)13-19(29)26-16-3-1-2-15(11-16)20(23,24)25/h1-5,10-11H,6-9,12-13H2,(H,26,29). The van der Waals surface area contributed by atoms with Crippen LogP contribution in [0.2, 0.25) is 10.0 Å². The van der Waals surface area contributed by atoms with Crippen molar-refractivity contribution in [3.8, 4) is 0 Å². The number of carbonyl (C=O) groups is 1. The summed E-state index contributed by atoms with van der Waals surface area (Å²) >= 11 is 12.0. The van der Waals surface area contributed by atoms with Crippen molar-refractivity contribution in [2.24, 2.45) is 0 Å². The van der Waals surface area contributed by atoms with Crippen molar-refractivity contribution in [3.63, 3.8) is 0 Å². The van der Waals surface area contributed by atoms with E-state index in [1.54, 1.807) is 6.07 Å². The van der Waals surface area contributed by atoms with E-state index in [2.05, 4.69) is 10.2 Å². The Labute approximate surface area is 177 Å². The Morgan fingerprint density at radius 1 is 0.966 bits per heavy atom. The van der Waals surface area contributed by atoms with Crippen molar-refractivity contribution in [1.29, 1.82) is 0 Å². The highest BCUT2D eigenvalue weighted by molar-refractivity contribution is 6.42. The van der Waals surface area contributed by atoms with E-state index in [9.17, 15) is 18.0 Å². The molecule has 2 aromatic carbocycles. The zero-order valence-electron chi connectivity index (χ0n) is 15.5. The van der Waals surface area contributed by atoms with Crippen molar-refractivity contribution in [3.05, 3.63) is 63.6 Å². The van der Waals surface area contributed by atoms with E-state index in [0.717, 1.165) is 37.3 Å². The van der Waals surface area contributed by atoms with Gasteiger partial charge in [0.25, 0.3) is 0 Å². The van der Waals surface area contributed by atoms with E-state index in [0.29, 0.717) is 23.1 Å². The molecule has 1 amide bonds. The summed E-state index contributed by atoms with van der Waals surface area (Å²) in [5, 5.41) is 3.59. The highest BCUT2D eigenvalue weighted by atomic mass is 35.5. The second-order valence-corrected chi connectivity index (χ2v) is 7.74. The average Bonchev–Trinajstić information content (AvgIpc) is 2.66. The van der Waals surface area contributed by atoms with Crippen LogP contribution in [0.1, 0.15) is 11.1 Å². The minimum absolute atomic E-state index is 0.136. The summed E-state index contributed by atoms with van der Waals surface area (Å²) in [5.41, 5.74) is 0.421. The van der Waals surface area contributed by atoms with Gasteiger partial charge in [0.15, 0.2) is 0 Å². The second-order valence-electron chi connectivity index (χ2n) is 6.93. The fourth-order valence-corrected chi connectivity index (χ4v) is 3.50. The Kier molecular flexibility index (Phi) is 7.05. The van der Waals surface area contributed by atoms with Gasteiger partial charge in [-0.1, -0.05) is 35.3 Å². The van der Waals surface area contributed by atoms with Gasteiger partial charge in [-0.3, -0.25) is 14.6 Å². The third-order valence-electron chi connectivity index (χ3n) is 4.70. The van der Waals surface area contributed by atoms with Gasteiger partial charge in [0.05, 0.1) is 22.2 Å². The predicted octanol–water partition coefficient (Wildman–Crippen LogP) is 4.77. The topological polar surface area (TPSA) is 35.6 Å². The van der Waals surface area contributed by atoms with E-state index < -0.39 is 11.7 Å². The molecule has 0 saturated carbocycles. The first-order valence-corrected chi connectivity index (χ1v) is 9.82. The Morgan fingerprint density at radius 2 is 1.66 bits per heavy atom. The molecule has 0 unspecified atom stereocenters. The number of carbonyl (C=O) groups excluding carboxylic acids is 1. The maximum absolute atomic E-state index is 12.8. The Balaban J connectivity index is 1.46. The Morgan fingerprint density at radius 3 is 2.31 bits per heavy atom. The van der Waals surface area contributed by atoms with Gasteiger partial charge in [0.2, 0.25) is 5.91 Å². The van der Waals surface area contributed by atoms with E-state index in [-0.39, 0.29) is 18.1 Å². The van der Waals surface area contributed by atoms with Crippen LogP contribution in [0.3, 0.4) is 0 Å². The predicted molar refractivity (Wildman–Crippen MR) is 108 cm³/mol. The van der Waals surface area contributed by atoms with Gasteiger partial charge in [0.1, 0.15) is 0 Å². The van der Waals surface area contributed by atoms with Crippen LogP contribution in [0.5, 0.6) is 0 Å². The van der Waals surface area contributed by atoms with E-state index in [4.69, 9.17) is 23.2 Å². The van der Waals surface area contributed by atoms with Gasteiger partial charge in [-0.2, -0.15) is 13.2 Å². The molecule has 9 heteroatoms. The van der Waals surface area contributed by atoms with Crippen LogP contribution in [-0.2, 0) is 17.5 Å². The van der Waals surface area contributed by atoms with Crippen LogP contribution in [0.4, 0.5) is 18.9 Å². The summed E-state index contributed by atoms with van der Waals surface area (Å²) in [4.78, 5) is 16.4. The normalized spacial score (nSPS) is 16.0. The molecule has 1 fully saturated rings. The molecular weight excluding hydrogens is 426 g/mol. The fraction of sp³-hybridized carbons (Fsp3) is 0.350. The zero-order valence-corrected chi connectivity index (χ0v) is 17.0. The average molecular weight is 446 g/mol. The number of anilines is 1. The third kappa shape index (κ3) is 6.34. The molecule has 1 N–H and O–H groups in total. The molecule has 1 aliphatic heterocycles. The van der Waals surface area contributed by atoms with Gasteiger partial charge in [-0.25, -0.2) is 0 Å². The van der Waals surface area contributed by atoms with Gasteiger partial charge in [-0.05, 0) is 35.9 Å². The monoisotopic (exact) mass is 445 g/mol. The number of halogens is 5. The molecule has 0 aromatic heterocycles. The Bertz CT molecular complexity index is 868. The summed E-state index contributed by atoms with van der Waals surface area (Å²) < 4.78 is 38.3. The highest BCUT2D eigenvalue weighted by Crippen LogP contribution is 2.30. The minimum atomic E-state index is -4.44. The quantitative estimate of drug-likeness (QED) is 0.719. The lowest BCUT2D eigenvalue weighted by atomic mass is 10.2. The number of benzene rings is 2. The number of hydrogen-bond donors (Lipinski definition) is 1. The van der Waals surface area contributed by atoms with Crippen LogP contribution in [-0.4, -0.2) is 48.4 Å².